The van der Waals surface area contributed by atoms with Gasteiger partial charge in [0.15, 0.2) is 0 Å². The predicted octanol–water partition coefficient (Wildman–Crippen LogP) is 1.07. The van der Waals surface area contributed by atoms with Crippen molar-refractivity contribution in [1.82, 2.24) is 9.94 Å². The van der Waals surface area contributed by atoms with Crippen LogP contribution < -0.4 is 10.6 Å². The molecule has 2 aromatic rings. The van der Waals surface area contributed by atoms with Gasteiger partial charge < -0.3 is 10.6 Å². The minimum atomic E-state index is 0.575. The lowest BCUT2D eigenvalue weighted by Gasteiger charge is -2.04. The van der Waals surface area contributed by atoms with E-state index >= 15 is 0 Å². The lowest BCUT2D eigenvalue weighted by molar-refractivity contribution is 0.103. The SMILES string of the molecule is CCOn1ncc2cccc(N)c21. The van der Waals surface area contributed by atoms with E-state index in [9.17, 15) is 0 Å². The van der Waals surface area contributed by atoms with Gasteiger partial charge in [0.05, 0.1) is 11.9 Å². The van der Waals surface area contributed by atoms with Gasteiger partial charge in [-0.3, -0.25) is 0 Å². The van der Waals surface area contributed by atoms with Gasteiger partial charge in [-0.05, 0) is 13.0 Å². The molecule has 0 aliphatic carbocycles. The Labute approximate surface area is 75.9 Å². The molecule has 1 aromatic carbocycles. The van der Waals surface area contributed by atoms with Crippen LogP contribution in [0.1, 0.15) is 6.92 Å². The van der Waals surface area contributed by atoms with Gasteiger partial charge in [-0.15, -0.1) is 5.10 Å². The number of rotatable bonds is 2. The third-order valence-electron chi connectivity index (χ3n) is 1.84. The third kappa shape index (κ3) is 1.20. The van der Waals surface area contributed by atoms with Crippen molar-refractivity contribution < 1.29 is 4.84 Å². The lowest BCUT2D eigenvalue weighted by Crippen LogP contribution is -2.12. The Hall–Kier alpha value is -1.71. The minimum absolute atomic E-state index is 0.575. The number of aromatic nitrogens is 2. The quantitative estimate of drug-likeness (QED) is 0.698. The molecule has 68 valence electrons. The highest BCUT2D eigenvalue weighted by Crippen LogP contribution is 2.18. The summed E-state index contributed by atoms with van der Waals surface area (Å²) in [4.78, 5) is 6.73. The summed E-state index contributed by atoms with van der Waals surface area (Å²) in [5.41, 5.74) is 7.31. The molecule has 0 saturated heterocycles. The summed E-state index contributed by atoms with van der Waals surface area (Å²) in [6.07, 6.45) is 1.74. The van der Waals surface area contributed by atoms with E-state index in [0.717, 1.165) is 10.9 Å². The number of para-hydroxylation sites is 1. The number of fused-ring (bicyclic) bond motifs is 1. The highest BCUT2D eigenvalue weighted by atomic mass is 16.7. The molecule has 4 nitrogen and oxygen atoms in total. The van der Waals surface area contributed by atoms with Crippen molar-refractivity contribution in [2.45, 2.75) is 6.92 Å². The average Bonchev–Trinajstić information content (AvgIpc) is 2.51. The molecule has 0 fully saturated rings. The molecule has 13 heavy (non-hydrogen) atoms. The van der Waals surface area contributed by atoms with Gasteiger partial charge in [0.1, 0.15) is 12.1 Å². The van der Waals surface area contributed by atoms with E-state index in [2.05, 4.69) is 5.10 Å². The monoisotopic (exact) mass is 177 g/mol. The summed E-state index contributed by atoms with van der Waals surface area (Å²) in [6, 6.07) is 5.68. The molecule has 0 spiro atoms. The molecule has 2 rings (SSSR count). The molecule has 0 aliphatic heterocycles. The van der Waals surface area contributed by atoms with Crippen LogP contribution in [0.3, 0.4) is 0 Å². The van der Waals surface area contributed by atoms with Crippen molar-refractivity contribution in [3.05, 3.63) is 24.4 Å². The summed E-state index contributed by atoms with van der Waals surface area (Å²) in [5, 5.41) is 5.05. The van der Waals surface area contributed by atoms with Gasteiger partial charge in [-0.2, -0.15) is 0 Å². The van der Waals surface area contributed by atoms with E-state index in [1.807, 2.05) is 25.1 Å². The zero-order valence-corrected chi connectivity index (χ0v) is 7.40. The van der Waals surface area contributed by atoms with Crippen molar-refractivity contribution in [3.63, 3.8) is 0 Å². The van der Waals surface area contributed by atoms with E-state index in [1.54, 1.807) is 6.20 Å². The van der Waals surface area contributed by atoms with Gasteiger partial charge in [0, 0.05) is 5.39 Å². The van der Waals surface area contributed by atoms with E-state index in [4.69, 9.17) is 10.6 Å². The first-order chi connectivity index (χ1) is 6.33. The number of hydrogen-bond acceptors (Lipinski definition) is 3. The van der Waals surface area contributed by atoms with Gasteiger partial charge >= 0.3 is 0 Å². The molecule has 1 heterocycles. The van der Waals surface area contributed by atoms with Gasteiger partial charge in [-0.25, -0.2) is 0 Å². The summed E-state index contributed by atoms with van der Waals surface area (Å²) in [7, 11) is 0. The number of nitrogens with two attached hydrogens (primary N) is 1. The third-order valence-corrected chi connectivity index (χ3v) is 1.84. The van der Waals surface area contributed by atoms with Crippen LogP contribution in [0.4, 0.5) is 5.69 Å². The molecule has 0 atom stereocenters. The lowest BCUT2D eigenvalue weighted by atomic mass is 10.2. The van der Waals surface area contributed by atoms with Crippen LogP contribution in [-0.2, 0) is 0 Å². The second-order valence-electron chi connectivity index (χ2n) is 2.72. The Balaban J connectivity index is 2.64. The number of nitrogen functional groups attached to an aromatic ring is 1. The van der Waals surface area contributed by atoms with Crippen LogP contribution in [-0.4, -0.2) is 16.6 Å². The molecule has 0 bridgehead atoms. The van der Waals surface area contributed by atoms with Crippen molar-refractivity contribution >= 4 is 16.6 Å². The second kappa shape index (κ2) is 2.97. The largest absolute Gasteiger partial charge is 0.397 e. The zero-order valence-electron chi connectivity index (χ0n) is 7.40. The second-order valence-corrected chi connectivity index (χ2v) is 2.72. The van der Waals surface area contributed by atoms with Gasteiger partial charge in [-0.1, -0.05) is 17.0 Å². The molecule has 0 amide bonds. The molecule has 4 heteroatoms. The van der Waals surface area contributed by atoms with Crippen LogP contribution in [0.25, 0.3) is 10.9 Å². The van der Waals surface area contributed by atoms with Crippen molar-refractivity contribution in [1.29, 1.82) is 0 Å². The maximum absolute atomic E-state index is 5.79. The average molecular weight is 177 g/mol. The van der Waals surface area contributed by atoms with Gasteiger partial charge in [0.2, 0.25) is 0 Å². The van der Waals surface area contributed by atoms with Crippen LogP contribution in [0.2, 0.25) is 0 Å². The summed E-state index contributed by atoms with van der Waals surface area (Å²) < 4.78 is 0. The highest BCUT2D eigenvalue weighted by molar-refractivity contribution is 5.89. The fourth-order valence-electron chi connectivity index (χ4n) is 1.30. The maximum Gasteiger partial charge on any atom is 0.133 e. The normalized spacial score (nSPS) is 10.5. The highest BCUT2D eigenvalue weighted by Gasteiger charge is 2.04. The predicted molar refractivity (Wildman–Crippen MR) is 51.3 cm³/mol. The van der Waals surface area contributed by atoms with E-state index in [-0.39, 0.29) is 0 Å². The Morgan fingerprint density at radius 1 is 1.54 bits per heavy atom. The first-order valence-electron chi connectivity index (χ1n) is 4.18. The number of anilines is 1. The molecule has 1 aromatic heterocycles. The maximum atomic E-state index is 5.79. The molecule has 0 aliphatic rings. The fraction of sp³-hybridized carbons (Fsp3) is 0.222. The first kappa shape index (κ1) is 7.91. The van der Waals surface area contributed by atoms with Gasteiger partial charge in [0.25, 0.3) is 0 Å². The Kier molecular flexibility index (Phi) is 1.81. The molecule has 0 unspecified atom stereocenters. The van der Waals surface area contributed by atoms with E-state index in [1.165, 1.54) is 4.85 Å². The van der Waals surface area contributed by atoms with E-state index in [0.29, 0.717) is 12.3 Å². The van der Waals surface area contributed by atoms with E-state index < -0.39 is 0 Å². The number of hydrogen-bond donors (Lipinski definition) is 1. The fourth-order valence-corrected chi connectivity index (χ4v) is 1.30. The Morgan fingerprint density at radius 2 is 2.38 bits per heavy atom. The molecule has 2 N–H and O–H groups in total. The topological polar surface area (TPSA) is 53.1 Å². The minimum Gasteiger partial charge on any atom is -0.397 e. The zero-order chi connectivity index (χ0) is 9.26. The Morgan fingerprint density at radius 3 is 3.15 bits per heavy atom. The van der Waals surface area contributed by atoms with Crippen LogP contribution in [0, 0.1) is 0 Å². The van der Waals surface area contributed by atoms with Crippen molar-refractivity contribution in [3.8, 4) is 0 Å². The summed E-state index contributed by atoms with van der Waals surface area (Å²) >= 11 is 0. The first-order valence-corrected chi connectivity index (χ1v) is 4.18. The molecular weight excluding hydrogens is 166 g/mol. The van der Waals surface area contributed by atoms with Crippen molar-refractivity contribution in [2.75, 3.05) is 12.3 Å². The number of nitrogens with zero attached hydrogens (tertiary/aromatic N) is 2. The molecule has 0 radical (unpaired) electrons. The van der Waals surface area contributed by atoms with Crippen LogP contribution >= 0.6 is 0 Å². The molecular formula is C9H11N3O. The smallest absolute Gasteiger partial charge is 0.133 e. The van der Waals surface area contributed by atoms with Crippen LogP contribution in [0.15, 0.2) is 24.4 Å². The van der Waals surface area contributed by atoms with Crippen molar-refractivity contribution in [2.24, 2.45) is 0 Å². The standard InChI is InChI=1S/C9H11N3O/c1-2-13-12-9-7(6-11-12)4-3-5-8(9)10/h3-6H,2,10H2,1H3. The van der Waals surface area contributed by atoms with Crippen LogP contribution in [0.5, 0.6) is 0 Å². The summed E-state index contributed by atoms with van der Waals surface area (Å²) in [6.45, 7) is 2.48. The Bertz CT molecular complexity index is 422. The number of benzene rings is 1. The molecule has 0 saturated carbocycles. The summed E-state index contributed by atoms with van der Waals surface area (Å²) in [5.74, 6) is 0.